The van der Waals surface area contributed by atoms with Crippen LogP contribution in [0.2, 0.25) is 0 Å². The van der Waals surface area contributed by atoms with Gasteiger partial charge in [-0.1, -0.05) is 12.1 Å². The lowest BCUT2D eigenvalue weighted by atomic mass is 10.4. The van der Waals surface area contributed by atoms with Gasteiger partial charge in [-0.05, 0) is 25.1 Å². The van der Waals surface area contributed by atoms with E-state index in [1.54, 1.807) is 12.1 Å². The van der Waals surface area contributed by atoms with Crippen molar-refractivity contribution in [2.45, 2.75) is 31.5 Å². The highest BCUT2D eigenvalue weighted by Gasteiger charge is 2.18. The molecule has 0 atom stereocenters. The summed E-state index contributed by atoms with van der Waals surface area (Å²) in [5.41, 5.74) is 0.505. The maximum Gasteiger partial charge on any atom is 0.274 e. The van der Waals surface area contributed by atoms with Crippen LogP contribution in [0.15, 0.2) is 38.5 Å². The van der Waals surface area contributed by atoms with Gasteiger partial charge < -0.3 is 14.3 Å². The van der Waals surface area contributed by atoms with Crippen molar-refractivity contribution in [3.05, 3.63) is 35.9 Å². The zero-order valence-corrected chi connectivity index (χ0v) is 11.9. The smallest absolute Gasteiger partial charge is 0.274 e. The highest BCUT2D eigenvalue weighted by molar-refractivity contribution is 7.89. The van der Waals surface area contributed by atoms with Crippen LogP contribution in [0.4, 0.5) is 0 Å². The summed E-state index contributed by atoms with van der Waals surface area (Å²) in [6.45, 7) is 3.47. The third-order valence-corrected chi connectivity index (χ3v) is 3.84. The molecule has 2 aromatic heterocycles. The first-order valence-electron chi connectivity index (χ1n) is 6.30. The Labute approximate surface area is 117 Å². The van der Waals surface area contributed by atoms with Gasteiger partial charge in [0.15, 0.2) is 0 Å². The van der Waals surface area contributed by atoms with Gasteiger partial charge in [0, 0.05) is 6.07 Å². The average Bonchev–Trinajstić information content (AvgIpc) is 3.08. The largest absolute Gasteiger partial charge is 0.447 e. The van der Waals surface area contributed by atoms with Crippen LogP contribution < -0.4 is 10.0 Å². The molecule has 2 aromatic rings. The number of sulfonamides is 1. The van der Waals surface area contributed by atoms with E-state index in [4.69, 9.17) is 4.42 Å². The predicted molar refractivity (Wildman–Crippen MR) is 71.2 cm³/mol. The van der Waals surface area contributed by atoms with Gasteiger partial charge in [-0.15, -0.1) is 0 Å². The Morgan fingerprint density at radius 3 is 2.80 bits per heavy atom. The second kappa shape index (κ2) is 6.69. The molecule has 0 amide bonds. The highest BCUT2D eigenvalue weighted by Crippen LogP contribution is 2.14. The number of aromatic nitrogens is 1. The summed E-state index contributed by atoms with van der Waals surface area (Å²) in [4.78, 5) is 0. The second-order valence-corrected chi connectivity index (χ2v) is 5.91. The Kier molecular flexibility index (Phi) is 4.94. The standard InChI is InChI=1S/C12H17N3O4S/c1-2-6-13-9-11-3-4-12(19-11)20(16,17)14-8-10-5-7-18-15-10/h3-5,7,13-14H,2,6,8-9H2,1H3. The van der Waals surface area contributed by atoms with Gasteiger partial charge in [-0.2, -0.15) is 0 Å². The molecule has 2 rings (SSSR count). The maximum atomic E-state index is 12.0. The first-order valence-corrected chi connectivity index (χ1v) is 7.78. The van der Waals surface area contributed by atoms with Crippen molar-refractivity contribution >= 4 is 10.0 Å². The third-order valence-electron chi connectivity index (χ3n) is 2.56. The van der Waals surface area contributed by atoms with Gasteiger partial charge in [-0.3, -0.25) is 0 Å². The van der Waals surface area contributed by atoms with Crippen molar-refractivity contribution in [2.24, 2.45) is 0 Å². The Balaban J connectivity index is 1.95. The molecule has 0 aliphatic heterocycles. The Morgan fingerprint density at radius 1 is 1.25 bits per heavy atom. The van der Waals surface area contributed by atoms with E-state index in [1.165, 1.54) is 12.3 Å². The van der Waals surface area contributed by atoms with Crippen molar-refractivity contribution in [1.82, 2.24) is 15.2 Å². The first kappa shape index (κ1) is 14.8. The van der Waals surface area contributed by atoms with E-state index in [0.29, 0.717) is 18.0 Å². The molecule has 0 saturated heterocycles. The third kappa shape index (κ3) is 3.92. The Bertz CT molecular complexity index is 619. The molecule has 0 bridgehead atoms. The topological polar surface area (TPSA) is 97.4 Å². The maximum absolute atomic E-state index is 12.0. The van der Waals surface area contributed by atoms with E-state index < -0.39 is 10.0 Å². The average molecular weight is 299 g/mol. The van der Waals surface area contributed by atoms with Crippen LogP contribution in [0.1, 0.15) is 24.8 Å². The molecule has 0 aromatic carbocycles. The van der Waals surface area contributed by atoms with Crippen molar-refractivity contribution in [1.29, 1.82) is 0 Å². The van der Waals surface area contributed by atoms with Gasteiger partial charge in [-0.25, -0.2) is 13.1 Å². The molecule has 7 nitrogen and oxygen atoms in total. The van der Waals surface area contributed by atoms with Gasteiger partial charge in [0.05, 0.1) is 18.8 Å². The van der Waals surface area contributed by atoms with Crippen molar-refractivity contribution < 1.29 is 17.4 Å². The van der Waals surface area contributed by atoms with Crippen LogP contribution in [0.5, 0.6) is 0 Å². The van der Waals surface area contributed by atoms with E-state index in [-0.39, 0.29) is 11.6 Å². The van der Waals surface area contributed by atoms with Crippen LogP contribution in [0.25, 0.3) is 0 Å². The summed E-state index contributed by atoms with van der Waals surface area (Å²) in [5, 5.41) is 6.66. The van der Waals surface area contributed by atoms with Crippen LogP contribution in [0.3, 0.4) is 0 Å². The van der Waals surface area contributed by atoms with Crippen LogP contribution in [-0.4, -0.2) is 20.1 Å². The molecule has 20 heavy (non-hydrogen) atoms. The summed E-state index contributed by atoms with van der Waals surface area (Å²) in [7, 11) is -3.67. The molecule has 0 radical (unpaired) electrons. The van der Waals surface area contributed by atoms with Crippen molar-refractivity contribution in [2.75, 3.05) is 6.54 Å². The minimum absolute atomic E-state index is 0.0585. The molecule has 0 aliphatic rings. The number of hydrogen-bond donors (Lipinski definition) is 2. The lowest BCUT2D eigenvalue weighted by molar-refractivity contribution is 0.398. The zero-order chi connectivity index (χ0) is 14.4. The van der Waals surface area contributed by atoms with Gasteiger partial charge in [0.2, 0.25) is 5.09 Å². The Morgan fingerprint density at radius 2 is 2.10 bits per heavy atom. The molecule has 8 heteroatoms. The summed E-state index contributed by atoms with van der Waals surface area (Å²) in [6.07, 6.45) is 2.39. The van der Waals surface area contributed by atoms with E-state index >= 15 is 0 Å². The molecule has 110 valence electrons. The lowest BCUT2D eigenvalue weighted by Gasteiger charge is -2.02. The number of furan rings is 1. The normalized spacial score (nSPS) is 11.8. The van der Waals surface area contributed by atoms with Gasteiger partial charge in [0.1, 0.15) is 12.0 Å². The lowest BCUT2D eigenvalue weighted by Crippen LogP contribution is -2.23. The number of hydrogen-bond acceptors (Lipinski definition) is 6. The minimum Gasteiger partial charge on any atom is -0.447 e. The molecule has 0 saturated carbocycles. The molecule has 0 aliphatic carbocycles. The first-order chi connectivity index (χ1) is 9.62. The Hall–Kier alpha value is -1.64. The zero-order valence-electron chi connectivity index (χ0n) is 11.1. The van der Waals surface area contributed by atoms with Crippen molar-refractivity contribution in [3.8, 4) is 0 Å². The van der Waals surface area contributed by atoms with E-state index in [0.717, 1.165) is 13.0 Å². The van der Waals surface area contributed by atoms with Crippen LogP contribution >= 0.6 is 0 Å². The fourth-order valence-corrected chi connectivity index (χ4v) is 2.50. The van der Waals surface area contributed by atoms with E-state index in [1.807, 2.05) is 0 Å². The molecule has 0 unspecified atom stereocenters. The number of rotatable bonds is 8. The van der Waals surface area contributed by atoms with Crippen LogP contribution in [0, 0.1) is 0 Å². The molecule has 0 fully saturated rings. The number of nitrogens with zero attached hydrogens (tertiary/aromatic N) is 1. The SMILES string of the molecule is CCCNCc1ccc(S(=O)(=O)NCc2ccon2)o1. The van der Waals surface area contributed by atoms with E-state index in [9.17, 15) is 8.42 Å². The molecule has 2 heterocycles. The predicted octanol–water partition coefficient (Wildman–Crippen LogP) is 1.25. The van der Waals surface area contributed by atoms with E-state index in [2.05, 4.69) is 26.6 Å². The summed E-state index contributed by atoms with van der Waals surface area (Å²) >= 11 is 0. The second-order valence-electron chi connectivity index (χ2n) is 4.21. The summed E-state index contributed by atoms with van der Waals surface area (Å²) in [5.74, 6) is 0.584. The van der Waals surface area contributed by atoms with Gasteiger partial charge in [0.25, 0.3) is 10.0 Å². The van der Waals surface area contributed by atoms with Gasteiger partial charge >= 0.3 is 0 Å². The highest BCUT2D eigenvalue weighted by atomic mass is 32.2. The monoisotopic (exact) mass is 299 g/mol. The molecule has 0 spiro atoms. The summed E-state index contributed by atoms with van der Waals surface area (Å²) in [6, 6.07) is 4.67. The van der Waals surface area contributed by atoms with Crippen molar-refractivity contribution in [3.63, 3.8) is 0 Å². The molecule has 2 N–H and O–H groups in total. The van der Waals surface area contributed by atoms with Crippen LogP contribution in [-0.2, 0) is 23.1 Å². The summed E-state index contributed by atoms with van der Waals surface area (Å²) < 4.78 is 36.3. The molecular weight excluding hydrogens is 282 g/mol. The minimum atomic E-state index is -3.67. The molecular formula is C12H17N3O4S. The fraction of sp³-hybridized carbons (Fsp3) is 0.417. The fourth-order valence-electron chi connectivity index (χ4n) is 1.55. The number of nitrogens with one attached hydrogen (secondary N) is 2. The quantitative estimate of drug-likeness (QED) is 0.712.